The lowest BCUT2D eigenvalue weighted by Crippen LogP contribution is -2.33. The molecule has 0 saturated heterocycles. The monoisotopic (exact) mass is 234 g/mol. The van der Waals surface area contributed by atoms with Crippen LogP contribution in [0, 0.1) is 11.8 Å². The van der Waals surface area contributed by atoms with Crippen LogP contribution in [0.1, 0.15) is 37.7 Å². The quantitative estimate of drug-likeness (QED) is 0.836. The Bertz CT molecular complexity index is 341. The predicted molar refractivity (Wildman–Crippen MR) is 68.5 cm³/mol. The maximum atomic E-state index is 10.5. The fourth-order valence-electron chi connectivity index (χ4n) is 3.05. The van der Waals surface area contributed by atoms with E-state index in [0.717, 1.165) is 12.0 Å². The van der Waals surface area contributed by atoms with Gasteiger partial charge in [0.1, 0.15) is 0 Å². The van der Waals surface area contributed by atoms with Gasteiger partial charge in [-0.2, -0.15) is 0 Å². The number of nitrogens with zero attached hydrogens (tertiary/aromatic N) is 1. The van der Waals surface area contributed by atoms with Crippen molar-refractivity contribution in [3.63, 3.8) is 0 Å². The second-order valence-electron chi connectivity index (χ2n) is 5.19. The molecular weight excluding hydrogens is 212 g/mol. The molecule has 1 fully saturated rings. The van der Waals surface area contributed by atoms with Crippen LogP contribution in [0.15, 0.2) is 24.5 Å². The molecule has 0 aromatic carbocycles. The summed E-state index contributed by atoms with van der Waals surface area (Å²) in [6.07, 6.45) is 6.82. The molecule has 0 spiro atoms. The number of aliphatic hydroxyl groups is 1. The Hall–Kier alpha value is -0.930. The van der Waals surface area contributed by atoms with Gasteiger partial charge in [0.2, 0.25) is 0 Å². The van der Waals surface area contributed by atoms with Gasteiger partial charge in [-0.05, 0) is 29.9 Å². The lowest BCUT2D eigenvalue weighted by Gasteiger charge is -2.29. The minimum absolute atomic E-state index is 0.0225. The summed E-state index contributed by atoms with van der Waals surface area (Å²) in [7, 11) is 0. The molecule has 0 bridgehead atoms. The van der Waals surface area contributed by atoms with E-state index < -0.39 is 0 Å². The summed E-state index contributed by atoms with van der Waals surface area (Å²) in [6.45, 7) is 2.72. The number of hydrogen-bond donors (Lipinski definition) is 2. The Morgan fingerprint density at radius 1 is 1.53 bits per heavy atom. The third kappa shape index (κ3) is 2.67. The van der Waals surface area contributed by atoms with Gasteiger partial charge in [0, 0.05) is 24.9 Å². The van der Waals surface area contributed by atoms with E-state index in [4.69, 9.17) is 5.73 Å². The van der Waals surface area contributed by atoms with Crippen molar-refractivity contribution in [3.8, 4) is 0 Å². The molecule has 3 N–H and O–H groups in total. The normalized spacial score (nSPS) is 27.9. The third-order valence-corrected chi connectivity index (χ3v) is 4.15. The zero-order chi connectivity index (χ0) is 12.3. The van der Waals surface area contributed by atoms with Crippen LogP contribution in [0.4, 0.5) is 0 Å². The first-order valence-corrected chi connectivity index (χ1v) is 6.52. The summed E-state index contributed by atoms with van der Waals surface area (Å²) in [5, 5.41) is 10.5. The maximum Gasteiger partial charge on any atom is 0.0652 e. The van der Waals surface area contributed by atoms with Crippen LogP contribution in [0.25, 0.3) is 0 Å². The molecule has 94 valence electrons. The van der Waals surface area contributed by atoms with Gasteiger partial charge in [0.25, 0.3) is 0 Å². The lowest BCUT2D eigenvalue weighted by atomic mass is 9.82. The smallest absolute Gasteiger partial charge is 0.0652 e. The van der Waals surface area contributed by atoms with Gasteiger partial charge in [0.05, 0.1) is 6.10 Å². The van der Waals surface area contributed by atoms with E-state index in [1.165, 1.54) is 12.8 Å². The van der Waals surface area contributed by atoms with Crippen LogP contribution in [0.3, 0.4) is 0 Å². The van der Waals surface area contributed by atoms with E-state index in [2.05, 4.69) is 11.9 Å². The van der Waals surface area contributed by atoms with Crippen molar-refractivity contribution in [2.75, 3.05) is 6.54 Å². The Morgan fingerprint density at radius 3 is 2.88 bits per heavy atom. The van der Waals surface area contributed by atoms with Crippen molar-refractivity contribution >= 4 is 0 Å². The highest BCUT2D eigenvalue weighted by Gasteiger charge is 2.34. The second-order valence-corrected chi connectivity index (χ2v) is 5.19. The molecule has 1 saturated carbocycles. The minimum Gasteiger partial charge on any atom is -0.392 e. The molecule has 1 aliphatic rings. The number of rotatable bonds is 4. The highest BCUT2D eigenvalue weighted by atomic mass is 16.3. The second kappa shape index (κ2) is 5.61. The summed E-state index contributed by atoms with van der Waals surface area (Å²) in [4.78, 5) is 4.11. The minimum atomic E-state index is -0.332. The van der Waals surface area contributed by atoms with E-state index in [9.17, 15) is 5.11 Å². The van der Waals surface area contributed by atoms with Crippen LogP contribution in [0.2, 0.25) is 0 Å². The molecule has 0 aliphatic heterocycles. The molecule has 4 atom stereocenters. The number of aromatic nitrogens is 1. The standard InChI is InChI=1S/C14H22N2O/c1-10-4-2-6-12(10)14(17)13(8-15)11-5-3-7-16-9-11/h3,5,7,9-10,12-14,17H,2,4,6,8,15H2,1H3. The van der Waals surface area contributed by atoms with Crippen molar-refractivity contribution < 1.29 is 5.11 Å². The van der Waals surface area contributed by atoms with Crippen molar-refractivity contribution in [2.45, 2.75) is 38.2 Å². The molecule has 1 aliphatic carbocycles. The van der Waals surface area contributed by atoms with Crippen LogP contribution in [-0.4, -0.2) is 22.7 Å². The summed E-state index contributed by atoms with van der Waals surface area (Å²) in [5.74, 6) is 1.02. The molecule has 3 nitrogen and oxygen atoms in total. The van der Waals surface area contributed by atoms with Crippen molar-refractivity contribution in [1.82, 2.24) is 4.98 Å². The zero-order valence-electron chi connectivity index (χ0n) is 10.4. The first kappa shape index (κ1) is 12.5. The van der Waals surface area contributed by atoms with Crippen LogP contribution < -0.4 is 5.73 Å². The van der Waals surface area contributed by atoms with E-state index in [0.29, 0.717) is 18.4 Å². The molecule has 0 amide bonds. The van der Waals surface area contributed by atoms with Gasteiger partial charge in [-0.25, -0.2) is 0 Å². The van der Waals surface area contributed by atoms with Gasteiger partial charge >= 0.3 is 0 Å². The number of pyridine rings is 1. The van der Waals surface area contributed by atoms with Crippen molar-refractivity contribution in [1.29, 1.82) is 0 Å². The SMILES string of the molecule is CC1CCCC1C(O)C(CN)c1cccnc1. The molecule has 3 heteroatoms. The molecule has 1 aromatic heterocycles. The molecule has 1 heterocycles. The van der Waals surface area contributed by atoms with Crippen molar-refractivity contribution in [3.05, 3.63) is 30.1 Å². The zero-order valence-corrected chi connectivity index (χ0v) is 10.4. The molecule has 4 unspecified atom stereocenters. The Morgan fingerprint density at radius 2 is 2.35 bits per heavy atom. The highest BCUT2D eigenvalue weighted by Crippen LogP contribution is 2.38. The molecule has 2 rings (SSSR count). The summed E-state index contributed by atoms with van der Waals surface area (Å²) in [5.41, 5.74) is 6.89. The van der Waals surface area contributed by atoms with E-state index in [1.807, 2.05) is 18.3 Å². The first-order chi connectivity index (χ1) is 8.24. The Balaban J connectivity index is 2.13. The van der Waals surface area contributed by atoms with Crippen LogP contribution in [0.5, 0.6) is 0 Å². The fourth-order valence-corrected chi connectivity index (χ4v) is 3.05. The number of nitrogens with two attached hydrogens (primary N) is 1. The van der Waals surface area contributed by atoms with Crippen LogP contribution >= 0.6 is 0 Å². The van der Waals surface area contributed by atoms with Gasteiger partial charge < -0.3 is 10.8 Å². The van der Waals surface area contributed by atoms with E-state index >= 15 is 0 Å². The van der Waals surface area contributed by atoms with Gasteiger partial charge in [-0.15, -0.1) is 0 Å². The van der Waals surface area contributed by atoms with Crippen molar-refractivity contribution in [2.24, 2.45) is 17.6 Å². The summed E-state index contributed by atoms with van der Waals surface area (Å²) < 4.78 is 0. The lowest BCUT2D eigenvalue weighted by molar-refractivity contribution is 0.0664. The molecule has 1 aromatic rings. The topological polar surface area (TPSA) is 59.1 Å². The number of hydrogen-bond acceptors (Lipinski definition) is 3. The Kier molecular flexibility index (Phi) is 4.13. The highest BCUT2D eigenvalue weighted by molar-refractivity contribution is 5.17. The molecular formula is C14H22N2O. The molecule has 17 heavy (non-hydrogen) atoms. The number of aliphatic hydroxyl groups excluding tert-OH is 1. The predicted octanol–water partition coefficient (Wildman–Crippen LogP) is 1.92. The van der Waals surface area contributed by atoms with Crippen LogP contribution in [-0.2, 0) is 0 Å². The Labute approximate surface area is 103 Å². The fraction of sp³-hybridized carbons (Fsp3) is 0.643. The average molecular weight is 234 g/mol. The summed E-state index contributed by atoms with van der Waals surface area (Å²) >= 11 is 0. The van der Waals surface area contributed by atoms with Gasteiger partial charge in [-0.3, -0.25) is 4.98 Å². The summed E-state index contributed by atoms with van der Waals surface area (Å²) in [6, 6.07) is 3.91. The van der Waals surface area contributed by atoms with E-state index in [-0.39, 0.29) is 12.0 Å². The first-order valence-electron chi connectivity index (χ1n) is 6.52. The van der Waals surface area contributed by atoms with E-state index in [1.54, 1.807) is 6.20 Å². The maximum absolute atomic E-state index is 10.5. The average Bonchev–Trinajstić information content (AvgIpc) is 2.77. The molecule has 0 radical (unpaired) electrons. The third-order valence-electron chi connectivity index (χ3n) is 4.15. The van der Waals surface area contributed by atoms with Gasteiger partial charge in [-0.1, -0.05) is 25.8 Å². The van der Waals surface area contributed by atoms with Gasteiger partial charge in [0.15, 0.2) is 0 Å². The largest absolute Gasteiger partial charge is 0.392 e.